The molecule has 0 aliphatic heterocycles. The van der Waals surface area contributed by atoms with Gasteiger partial charge in [-0.05, 0) is 17.4 Å². The molecular formula is C12H17NaO. The molecule has 0 saturated carbocycles. The van der Waals surface area contributed by atoms with Crippen molar-refractivity contribution >= 4 is 0 Å². The third-order valence-electron chi connectivity index (χ3n) is 2.26. The van der Waals surface area contributed by atoms with Crippen LogP contribution in [0.1, 0.15) is 38.8 Å². The maximum absolute atomic E-state index is 11.5. The van der Waals surface area contributed by atoms with Crippen LogP contribution in [0.15, 0.2) is 18.2 Å². The fraction of sp³-hybridized carbons (Fsp3) is 0.500. The first kappa shape index (κ1) is 14.0. The van der Waals surface area contributed by atoms with E-state index < -0.39 is 0 Å². The van der Waals surface area contributed by atoms with Gasteiger partial charge in [0.05, 0.1) is 0 Å². The van der Waals surface area contributed by atoms with Crippen LogP contribution in [-0.2, 0) is 11.8 Å². The van der Waals surface area contributed by atoms with Gasteiger partial charge in [-0.3, -0.25) is 0 Å². The predicted octanol–water partition coefficient (Wildman–Crippen LogP) is -0.376. The van der Waals surface area contributed by atoms with Gasteiger partial charge >= 0.3 is 29.6 Å². The zero-order chi connectivity index (χ0) is 10.1. The summed E-state index contributed by atoms with van der Waals surface area (Å²) in [6.45, 7) is 8.32. The quantitative estimate of drug-likeness (QED) is 0.567. The predicted molar refractivity (Wildman–Crippen MR) is 54.0 cm³/mol. The zero-order valence-electron chi connectivity index (χ0n) is 9.85. The molecule has 0 aliphatic carbocycles. The first-order valence-electron chi connectivity index (χ1n) is 4.75. The van der Waals surface area contributed by atoms with Crippen molar-refractivity contribution in [1.29, 1.82) is 0 Å². The Balaban J connectivity index is 0.00000169. The van der Waals surface area contributed by atoms with Crippen LogP contribution in [0.2, 0.25) is 0 Å². The SMILES string of the molecule is CCc1ccc([O-])c(C(C)(C)C)c1.[Na+]. The summed E-state index contributed by atoms with van der Waals surface area (Å²) in [4.78, 5) is 0. The van der Waals surface area contributed by atoms with Crippen molar-refractivity contribution in [3.63, 3.8) is 0 Å². The number of aryl methyl sites for hydroxylation is 1. The first-order valence-corrected chi connectivity index (χ1v) is 4.75. The molecule has 72 valence electrons. The van der Waals surface area contributed by atoms with Crippen molar-refractivity contribution in [3.05, 3.63) is 29.3 Å². The summed E-state index contributed by atoms with van der Waals surface area (Å²) in [5.74, 6) is 0.157. The Kier molecular flexibility index (Phi) is 5.21. The molecule has 0 fully saturated rings. The molecule has 1 rings (SSSR count). The molecule has 0 aromatic heterocycles. The Hall–Kier alpha value is 0.0200. The van der Waals surface area contributed by atoms with Gasteiger partial charge in [-0.15, -0.1) is 5.75 Å². The molecule has 0 bridgehead atoms. The molecule has 14 heavy (non-hydrogen) atoms. The molecule has 1 aromatic carbocycles. The third kappa shape index (κ3) is 3.30. The van der Waals surface area contributed by atoms with Crippen LogP contribution in [0.25, 0.3) is 0 Å². The van der Waals surface area contributed by atoms with Crippen LogP contribution < -0.4 is 34.7 Å². The third-order valence-corrected chi connectivity index (χ3v) is 2.26. The molecule has 0 radical (unpaired) electrons. The Morgan fingerprint density at radius 3 is 2.21 bits per heavy atom. The summed E-state index contributed by atoms with van der Waals surface area (Å²) < 4.78 is 0. The van der Waals surface area contributed by atoms with Gasteiger partial charge in [-0.2, -0.15) is 0 Å². The topological polar surface area (TPSA) is 23.1 Å². The Bertz CT molecular complexity index is 300. The molecule has 1 aromatic rings. The van der Waals surface area contributed by atoms with Gasteiger partial charge in [-0.25, -0.2) is 0 Å². The van der Waals surface area contributed by atoms with Crippen LogP contribution in [-0.4, -0.2) is 0 Å². The van der Waals surface area contributed by atoms with E-state index in [1.54, 1.807) is 6.07 Å². The van der Waals surface area contributed by atoms with E-state index in [2.05, 4.69) is 27.7 Å². The summed E-state index contributed by atoms with van der Waals surface area (Å²) in [5, 5.41) is 11.5. The summed E-state index contributed by atoms with van der Waals surface area (Å²) in [6, 6.07) is 5.62. The Morgan fingerprint density at radius 2 is 1.79 bits per heavy atom. The Labute approximate surface area is 109 Å². The second kappa shape index (κ2) is 5.20. The van der Waals surface area contributed by atoms with Crippen molar-refractivity contribution in [3.8, 4) is 5.75 Å². The largest absolute Gasteiger partial charge is 1.00 e. The normalized spacial score (nSPS) is 10.9. The second-order valence-electron chi connectivity index (χ2n) is 4.43. The van der Waals surface area contributed by atoms with Gasteiger partial charge in [0.25, 0.3) is 0 Å². The minimum Gasteiger partial charge on any atom is -0.872 e. The fourth-order valence-electron chi connectivity index (χ4n) is 1.38. The van der Waals surface area contributed by atoms with E-state index in [4.69, 9.17) is 0 Å². The number of rotatable bonds is 1. The van der Waals surface area contributed by atoms with E-state index in [-0.39, 0.29) is 40.7 Å². The molecule has 1 nitrogen and oxygen atoms in total. The fourth-order valence-corrected chi connectivity index (χ4v) is 1.38. The minimum absolute atomic E-state index is 0. The van der Waals surface area contributed by atoms with E-state index in [1.165, 1.54) is 5.56 Å². The van der Waals surface area contributed by atoms with E-state index in [9.17, 15) is 5.11 Å². The van der Waals surface area contributed by atoms with Gasteiger partial charge in [0.2, 0.25) is 0 Å². The molecule has 0 amide bonds. The number of hydrogen-bond acceptors (Lipinski definition) is 1. The van der Waals surface area contributed by atoms with Crippen molar-refractivity contribution in [2.24, 2.45) is 0 Å². The first-order chi connectivity index (χ1) is 5.95. The molecule has 0 unspecified atom stereocenters. The monoisotopic (exact) mass is 200 g/mol. The van der Waals surface area contributed by atoms with E-state index >= 15 is 0 Å². The molecule has 0 atom stereocenters. The molecule has 0 heterocycles. The minimum atomic E-state index is -0.0394. The maximum atomic E-state index is 11.5. The van der Waals surface area contributed by atoms with Crippen molar-refractivity contribution < 1.29 is 34.7 Å². The standard InChI is InChI=1S/C12H18O.Na/c1-5-9-6-7-11(13)10(8-9)12(2,3)4;/h6-8,13H,5H2,1-4H3;/q;+1/p-1. The zero-order valence-corrected chi connectivity index (χ0v) is 11.8. The molecule has 0 spiro atoms. The smallest absolute Gasteiger partial charge is 0.872 e. The molecule has 0 N–H and O–H groups in total. The van der Waals surface area contributed by atoms with Gasteiger partial charge in [0.1, 0.15) is 0 Å². The van der Waals surface area contributed by atoms with Gasteiger partial charge in [0, 0.05) is 0 Å². The molecule has 0 saturated heterocycles. The average molecular weight is 200 g/mol. The number of hydrogen-bond donors (Lipinski definition) is 0. The Morgan fingerprint density at radius 1 is 1.21 bits per heavy atom. The van der Waals surface area contributed by atoms with E-state index in [0.29, 0.717) is 0 Å². The van der Waals surface area contributed by atoms with Crippen molar-refractivity contribution in [1.82, 2.24) is 0 Å². The van der Waals surface area contributed by atoms with Gasteiger partial charge in [0.15, 0.2) is 0 Å². The molecule has 0 aliphatic rings. The van der Waals surface area contributed by atoms with Crippen LogP contribution in [0.3, 0.4) is 0 Å². The van der Waals surface area contributed by atoms with Crippen LogP contribution >= 0.6 is 0 Å². The van der Waals surface area contributed by atoms with Crippen LogP contribution in [0, 0.1) is 0 Å². The van der Waals surface area contributed by atoms with Gasteiger partial charge < -0.3 is 5.11 Å². The second-order valence-corrected chi connectivity index (χ2v) is 4.43. The average Bonchev–Trinajstić information content (AvgIpc) is 2.03. The number of benzene rings is 1. The van der Waals surface area contributed by atoms with Crippen LogP contribution in [0.4, 0.5) is 0 Å². The summed E-state index contributed by atoms with van der Waals surface area (Å²) in [6.07, 6.45) is 0.989. The van der Waals surface area contributed by atoms with Crippen LogP contribution in [0.5, 0.6) is 5.75 Å². The van der Waals surface area contributed by atoms with Gasteiger partial charge in [-0.1, -0.05) is 51.5 Å². The molecule has 2 heteroatoms. The summed E-state index contributed by atoms with van der Waals surface area (Å²) in [7, 11) is 0. The van der Waals surface area contributed by atoms with E-state index in [1.807, 2.05) is 12.1 Å². The van der Waals surface area contributed by atoms with Crippen molar-refractivity contribution in [2.45, 2.75) is 39.5 Å². The summed E-state index contributed by atoms with van der Waals surface area (Å²) in [5.41, 5.74) is 2.12. The molecular weight excluding hydrogens is 183 g/mol. The maximum Gasteiger partial charge on any atom is 1.00 e. The summed E-state index contributed by atoms with van der Waals surface area (Å²) >= 11 is 0. The van der Waals surface area contributed by atoms with Crippen molar-refractivity contribution in [2.75, 3.05) is 0 Å². The van der Waals surface area contributed by atoms with E-state index in [0.717, 1.165) is 12.0 Å².